The summed E-state index contributed by atoms with van der Waals surface area (Å²) >= 11 is 0. The molecule has 0 aromatic heterocycles. The maximum Gasteiger partial charge on any atom is 0.333 e. The first kappa shape index (κ1) is 14.4. The molecule has 3 nitrogen and oxygen atoms in total. The van der Waals surface area contributed by atoms with Crippen LogP contribution in [0.15, 0.2) is 12.2 Å². The van der Waals surface area contributed by atoms with E-state index in [2.05, 4.69) is 6.58 Å². The fourth-order valence-corrected chi connectivity index (χ4v) is 2.99. The number of carbonyl (C=O) groups is 1. The van der Waals surface area contributed by atoms with Crippen LogP contribution in [0.4, 0.5) is 0 Å². The van der Waals surface area contributed by atoms with E-state index in [9.17, 15) is 4.79 Å². The van der Waals surface area contributed by atoms with Crippen LogP contribution in [0.2, 0.25) is 0 Å². The van der Waals surface area contributed by atoms with Crippen LogP contribution in [0.5, 0.6) is 0 Å². The number of unbranched alkanes of at least 4 members (excludes halogenated alkanes) is 1. The first-order valence-electron chi connectivity index (χ1n) is 6.50. The molecular formula is C13H24O3Si. The van der Waals surface area contributed by atoms with Gasteiger partial charge in [0, 0.05) is 27.6 Å². The average molecular weight is 256 g/mol. The van der Waals surface area contributed by atoms with Crippen LogP contribution in [0, 0.1) is 0 Å². The third-order valence-corrected chi connectivity index (χ3v) is 4.52. The zero-order valence-electron chi connectivity index (χ0n) is 11.1. The molecule has 17 heavy (non-hydrogen) atoms. The van der Waals surface area contributed by atoms with Crippen molar-refractivity contribution in [1.82, 2.24) is 0 Å². The van der Waals surface area contributed by atoms with E-state index in [0.29, 0.717) is 12.2 Å². The molecule has 0 radical (unpaired) electrons. The molecule has 98 valence electrons. The smallest absolute Gasteiger partial charge is 0.333 e. The number of esters is 1. The van der Waals surface area contributed by atoms with Crippen LogP contribution < -0.4 is 0 Å². The predicted octanol–water partition coefficient (Wildman–Crippen LogP) is 1.54. The van der Waals surface area contributed by atoms with Crippen LogP contribution in [-0.2, 0) is 14.3 Å². The Bertz CT molecular complexity index is 270. The van der Waals surface area contributed by atoms with Crippen LogP contribution in [0.3, 0.4) is 0 Å². The molecule has 0 bridgehead atoms. The van der Waals surface area contributed by atoms with Crippen molar-refractivity contribution in [3.8, 4) is 0 Å². The van der Waals surface area contributed by atoms with Gasteiger partial charge in [-0.05, 0) is 45.4 Å². The van der Waals surface area contributed by atoms with Gasteiger partial charge in [-0.15, -0.1) is 0 Å². The van der Waals surface area contributed by atoms with Gasteiger partial charge in [0.2, 0.25) is 0 Å². The highest BCUT2D eigenvalue weighted by Crippen LogP contribution is 2.26. The van der Waals surface area contributed by atoms with Gasteiger partial charge in [-0.3, -0.25) is 0 Å². The number of carbonyl (C=O) groups excluding carboxylic acids is 1. The minimum atomic E-state index is -0.278. The standard InChI is InChI=1S/C13H24O3Si/c1-11(2)12(14)15-9-5-3-7-13(17)8-4-6-10-16-13/h1,3-10H2,2,17H3. The minimum absolute atomic E-state index is 0.191. The number of rotatable bonds is 6. The lowest BCUT2D eigenvalue weighted by Gasteiger charge is -2.34. The summed E-state index contributed by atoms with van der Waals surface area (Å²) in [4.78, 5) is 11.1. The molecule has 0 N–H and O–H groups in total. The number of hydrogen-bond acceptors (Lipinski definition) is 3. The molecule has 1 heterocycles. The van der Waals surface area contributed by atoms with Crippen molar-refractivity contribution in [2.45, 2.75) is 50.7 Å². The van der Waals surface area contributed by atoms with E-state index in [0.717, 1.165) is 36.1 Å². The number of ether oxygens (including phenoxy) is 2. The summed E-state index contributed by atoms with van der Waals surface area (Å²) in [7, 11) is 1.10. The summed E-state index contributed by atoms with van der Waals surface area (Å²) in [6.45, 7) is 6.65. The first-order chi connectivity index (χ1) is 8.03. The Morgan fingerprint density at radius 2 is 2.24 bits per heavy atom. The van der Waals surface area contributed by atoms with Gasteiger partial charge in [-0.25, -0.2) is 4.79 Å². The largest absolute Gasteiger partial charge is 0.462 e. The molecule has 1 atom stereocenters. The first-order valence-corrected chi connectivity index (χ1v) is 7.50. The maximum absolute atomic E-state index is 11.1. The quantitative estimate of drug-likeness (QED) is 0.313. The molecule has 0 saturated carbocycles. The second kappa shape index (κ2) is 6.96. The molecule has 1 saturated heterocycles. The van der Waals surface area contributed by atoms with E-state index in [1.807, 2.05) is 0 Å². The lowest BCUT2D eigenvalue weighted by molar-refractivity contribution is -0.139. The topological polar surface area (TPSA) is 35.5 Å². The van der Waals surface area contributed by atoms with Crippen LogP contribution in [0.1, 0.15) is 45.4 Å². The Morgan fingerprint density at radius 3 is 2.82 bits per heavy atom. The Labute approximate surface area is 107 Å². The lowest BCUT2D eigenvalue weighted by Crippen LogP contribution is -2.36. The molecule has 0 aromatic carbocycles. The zero-order valence-corrected chi connectivity index (χ0v) is 13.1. The van der Waals surface area contributed by atoms with Gasteiger partial charge in [0.1, 0.15) is 0 Å². The van der Waals surface area contributed by atoms with Crippen molar-refractivity contribution in [1.29, 1.82) is 0 Å². The second-order valence-electron chi connectivity index (χ2n) is 5.13. The van der Waals surface area contributed by atoms with Crippen molar-refractivity contribution < 1.29 is 14.3 Å². The summed E-state index contributed by atoms with van der Waals surface area (Å²) in [5.74, 6) is -0.278. The highest BCUT2D eigenvalue weighted by molar-refractivity contribution is 6.14. The molecule has 1 unspecified atom stereocenters. The van der Waals surface area contributed by atoms with Gasteiger partial charge in [-0.2, -0.15) is 0 Å². The lowest BCUT2D eigenvalue weighted by atomic mass is 10.0. The summed E-state index contributed by atoms with van der Waals surface area (Å²) in [6, 6.07) is 0. The van der Waals surface area contributed by atoms with E-state index < -0.39 is 0 Å². The van der Waals surface area contributed by atoms with Crippen molar-refractivity contribution in [2.75, 3.05) is 13.2 Å². The summed E-state index contributed by atoms with van der Waals surface area (Å²) in [5.41, 5.74) is 0.472. The molecule has 0 spiro atoms. The average Bonchev–Trinajstić information content (AvgIpc) is 2.29. The molecule has 1 aliphatic heterocycles. The van der Waals surface area contributed by atoms with E-state index in [-0.39, 0.29) is 11.2 Å². The van der Waals surface area contributed by atoms with Gasteiger partial charge < -0.3 is 9.47 Å². The van der Waals surface area contributed by atoms with Crippen molar-refractivity contribution in [3.63, 3.8) is 0 Å². The number of hydrogen-bond donors (Lipinski definition) is 0. The van der Waals surface area contributed by atoms with Gasteiger partial charge in [0.05, 0.1) is 6.61 Å². The van der Waals surface area contributed by atoms with Crippen LogP contribution >= 0.6 is 0 Å². The SMILES string of the molecule is C=C(C)C(=O)OCCCCC1([SiH3])CCCCO1. The molecule has 0 aromatic rings. The van der Waals surface area contributed by atoms with Crippen molar-refractivity contribution >= 4 is 16.2 Å². The Kier molecular flexibility index (Phi) is 5.92. The van der Waals surface area contributed by atoms with E-state index >= 15 is 0 Å². The minimum Gasteiger partial charge on any atom is -0.462 e. The van der Waals surface area contributed by atoms with Gasteiger partial charge in [0.15, 0.2) is 0 Å². The predicted molar refractivity (Wildman–Crippen MR) is 72.1 cm³/mol. The summed E-state index contributed by atoms with van der Waals surface area (Å²) in [5, 5.41) is 0.191. The molecule has 0 amide bonds. The van der Waals surface area contributed by atoms with Crippen molar-refractivity contribution in [2.24, 2.45) is 0 Å². The van der Waals surface area contributed by atoms with E-state index in [1.165, 1.54) is 19.3 Å². The van der Waals surface area contributed by atoms with Gasteiger partial charge in [-0.1, -0.05) is 6.58 Å². The highest BCUT2D eigenvalue weighted by atomic mass is 28.1. The molecule has 0 aliphatic carbocycles. The van der Waals surface area contributed by atoms with Crippen LogP contribution in [-0.4, -0.2) is 34.6 Å². The fourth-order valence-electron chi connectivity index (χ4n) is 2.08. The maximum atomic E-state index is 11.1. The third-order valence-electron chi connectivity index (χ3n) is 3.23. The molecular weight excluding hydrogens is 232 g/mol. The fraction of sp³-hybridized carbons (Fsp3) is 0.769. The summed E-state index contributed by atoms with van der Waals surface area (Å²) in [6.07, 6.45) is 6.84. The third kappa shape index (κ3) is 5.50. The molecule has 1 rings (SSSR count). The van der Waals surface area contributed by atoms with Crippen molar-refractivity contribution in [3.05, 3.63) is 12.2 Å². The molecule has 1 fully saturated rings. The Morgan fingerprint density at radius 1 is 1.47 bits per heavy atom. The second-order valence-corrected chi connectivity index (χ2v) is 6.95. The molecule has 1 aliphatic rings. The highest BCUT2D eigenvalue weighted by Gasteiger charge is 2.26. The summed E-state index contributed by atoms with van der Waals surface area (Å²) < 4.78 is 10.9. The molecule has 4 heteroatoms. The normalized spacial score (nSPS) is 24.5. The zero-order chi connectivity index (χ0) is 12.7. The van der Waals surface area contributed by atoms with E-state index in [4.69, 9.17) is 9.47 Å². The van der Waals surface area contributed by atoms with Gasteiger partial charge >= 0.3 is 5.97 Å². The van der Waals surface area contributed by atoms with Crippen LogP contribution in [0.25, 0.3) is 0 Å². The Balaban J connectivity index is 2.07. The Hall–Kier alpha value is -0.613. The van der Waals surface area contributed by atoms with E-state index in [1.54, 1.807) is 6.92 Å². The monoisotopic (exact) mass is 256 g/mol. The van der Waals surface area contributed by atoms with Gasteiger partial charge in [0.25, 0.3) is 0 Å².